The molecule has 0 aliphatic heterocycles. The fraction of sp³-hybridized carbons (Fsp3) is 0.185. The molecule has 0 aliphatic rings. The molecule has 1 heterocycles. The zero-order chi connectivity index (χ0) is 24.2. The number of para-hydroxylation sites is 3. The highest BCUT2D eigenvalue weighted by Crippen LogP contribution is 2.27. The normalized spacial score (nSPS) is 10.8. The van der Waals surface area contributed by atoms with E-state index in [4.69, 9.17) is 0 Å². The number of nitrogens with zero attached hydrogens (tertiary/aromatic N) is 2. The van der Waals surface area contributed by atoms with Crippen LogP contribution in [0.3, 0.4) is 0 Å². The summed E-state index contributed by atoms with van der Waals surface area (Å²) in [5.74, 6) is -0.559. The second-order valence-corrected chi connectivity index (χ2v) is 8.13. The van der Waals surface area contributed by atoms with Crippen molar-refractivity contribution >= 4 is 34.2 Å². The van der Waals surface area contributed by atoms with Crippen LogP contribution in [0.25, 0.3) is 22.3 Å². The summed E-state index contributed by atoms with van der Waals surface area (Å²) in [6, 6.07) is 20.2. The molecule has 0 saturated heterocycles. The average molecular weight is 455 g/mol. The van der Waals surface area contributed by atoms with E-state index in [9.17, 15) is 14.4 Å². The number of anilines is 2. The van der Waals surface area contributed by atoms with Gasteiger partial charge in [-0.1, -0.05) is 48.9 Å². The van der Waals surface area contributed by atoms with Crippen molar-refractivity contribution < 1.29 is 9.59 Å². The second kappa shape index (κ2) is 9.70. The first kappa shape index (κ1) is 22.9. The quantitative estimate of drug-likeness (QED) is 0.448. The van der Waals surface area contributed by atoms with Crippen molar-refractivity contribution in [2.45, 2.75) is 33.7 Å². The molecule has 0 fully saturated rings. The Bertz CT molecular complexity index is 1460. The summed E-state index contributed by atoms with van der Waals surface area (Å²) >= 11 is 0. The van der Waals surface area contributed by atoms with Crippen molar-refractivity contribution in [3.05, 3.63) is 88.2 Å². The van der Waals surface area contributed by atoms with Crippen LogP contribution in [-0.2, 0) is 22.6 Å². The first-order chi connectivity index (χ1) is 16.4. The Morgan fingerprint density at radius 1 is 0.941 bits per heavy atom. The van der Waals surface area contributed by atoms with Gasteiger partial charge in [0.15, 0.2) is 0 Å². The van der Waals surface area contributed by atoms with Crippen molar-refractivity contribution in [2.24, 2.45) is 0 Å². The number of aromatic nitrogens is 2. The highest BCUT2D eigenvalue weighted by atomic mass is 16.2. The molecular weight excluding hydrogens is 428 g/mol. The van der Waals surface area contributed by atoms with Crippen LogP contribution in [0.4, 0.5) is 11.4 Å². The van der Waals surface area contributed by atoms with Crippen LogP contribution in [0.5, 0.6) is 0 Å². The molecule has 3 aromatic carbocycles. The van der Waals surface area contributed by atoms with Gasteiger partial charge in [0, 0.05) is 18.2 Å². The van der Waals surface area contributed by atoms with Gasteiger partial charge in [-0.05, 0) is 49.2 Å². The SMILES string of the molecule is CCc1ccccc1NC(=O)Cn1c(=O)c(-c2cc(C)ccc2NC(C)=O)nc2ccccc21. The number of rotatable bonds is 6. The van der Waals surface area contributed by atoms with E-state index >= 15 is 0 Å². The summed E-state index contributed by atoms with van der Waals surface area (Å²) in [6.45, 7) is 5.16. The molecule has 0 spiro atoms. The lowest BCUT2D eigenvalue weighted by molar-refractivity contribution is -0.117. The molecular formula is C27H26N4O3. The molecule has 7 heteroatoms. The average Bonchev–Trinajstić information content (AvgIpc) is 2.82. The van der Waals surface area contributed by atoms with E-state index in [2.05, 4.69) is 15.6 Å². The van der Waals surface area contributed by atoms with Crippen molar-refractivity contribution in [2.75, 3.05) is 10.6 Å². The van der Waals surface area contributed by atoms with E-state index in [1.807, 2.05) is 56.3 Å². The third kappa shape index (κ3) is 4.73. The monoisotopic (exact) mass is 454 g/mol. The van der Waals surface area contributed by atoms with E-state index in [0.29, 0.717) is 22.3 Å². The summed E-state index contributed by atoms with van der Waals surface area (Å²) in [5.41, 5.74) is 4.57. The minimum atomic E-state index is -0.408. The molecule has 4 aromatic rings. The van der Waals surface area contributed by atoms with Gasteiger partial charge in [0.25, 0.3) is 5.56 Å². The summed E-state index contributed by atoms with van der Waals surface area (Å²) in [5, 5.41) is 5.71. The van der Waals surface area contributed by atoms with Crippen molar-refractivity contribution in [1.29, 1.82) is 0 Å². The molecule has 2 N–H and O–H groups in total. The Balaban J connectivity index is 1.82. The standard InChI is InChI=1S/C27H26N4O3/c1-4-19-9-5-6-10-21(19)29-25(33)16-31-24-12-8-7-11-23(24)30-26(27(31)34)20-15-17(2)13-14-22(20)28-18(3)32/h5-15H,4,16H2,1-3H3,(H,28,32)(H,29,33). The number of carbonyl (C=O) groups is 2. The number of hydrogen-bond acceptors (Lipinski definition) is 4. The highest BCUT2D eigenvalue weighted by Gasteiger charge is 2.18. The van der Waals surface area contributed by atoms with Crippen LogP contribution in [0.1, 0.15) is 25.0 Å². The lowest BCUT2D eigenvalue weighted by Gasteiger charge is -2.15. The third-order valence-corrected chi connectivity index (χ3v) is 5.57. The smallest absolute Gasteiger partial charge is 0.278 e. The van der Waals surface area contributed by atoms with Gasteiger partial charge in [0.2, 0.25) is 11.8 Å². The van der Waals surface area contributed by atoms with Gasteiger partial charge in [-0.25, -0.2) is 4.98 Å². The lowest BCUT2D eigenvalue weighted by atomic mass is 10.1. The van der Waals surface area contributed by atoms with E-state index < -0.39 is 5.56 Å². The van der Waals surface area contributed by atoms with E-state index in [1.54, 1.807) is 24.3 Å². The number of fused-ring (bicyclic) bond motifs is 1. The van der Waals surface area contributed by atoms with Crippen molar-refractivity contribution in [1.82, 2.24) is 9.55 Å². The Labute approximate surface area is 197 Å². The Kier molecular flexibility index (Phi) is 6.54. The van der Waals surface area contributed by atoms with Crippen LogP contribution in [0, 0.1) is 6.92 Å². The largest absolute Gasteiger partial charge is 0.326 e. The number of nitrogens with one attached hydrogen (secondary N) is 2. The summed E-state index contributed by atoms with van der Waals surface area (Å²) in [7, 11) is 0. The molecule has 2 amide bonds. The van der Waals surface area contributed by atoms with Gasteiger partial charge in [-0.3, -0.25) is 19.0 Å². The fourth-order valence-corrected chi connectivity index (χ4v) is 3.96. The molecule has 0 aliphatic carbocycles. The Hall–Kier alpha value is -4.26. The molecule has 1 aromatic heterocycles. The minimum absolute atomic E-state index is 0.172. The topological polar surface area (TPSA) is 93.1 Å². The van der Waals surface area contributed by atoms with Crippen molar-refractivity contribution in [3.63, 3.8) is 0 Å². The maximum Gasteiger partial charge on any atom is 0.278 e. The molecule has 4 rings (SSSR count). The molecule has 0 unspecified atom stereocenters. The lowest BCUT2D eigenvalue weighted by Crippen LogP contribution is -2.30. The van der Waals surface area contributed by atoms with Crippen LogP contribution < -0.4 is 16.2 Å². The number of amides is 2. The van der Waals surface area contributed by atoms with Gasteiger partial charge in [-0.15, -0.1) is 0 Å². The van der Waals surface area contributed by atoms with Crippen LogP contribution in [0.15, 0.2) is 71.5 Å². The van der Waals surface area contributed by atoms with Crippen LogP contribution in [-0.4, -0.2) is 21.4 Å². The number of carbonyl (C=O) groups excluding carboxylic acids is 2. The zero-order valence-electron chi connectivity index (χ0n) is 19.4. The third-order valence-electron chi connectivity index (χ3n) is 5.57. The Morgan fingerprint density at radius 3 is 2.44 bits per heavy atom. The van der Waals surface area contributed by atoms with Crippen molar-refractivity contribution in [3.8, 4) is 11.3 Å². The predicted molar refractivity (Wildman–Crippen MR) is 135 cm³/mol. The fourth-order valence-electron chi connectivity index (χ4n) is 3.96. The molecule has 0 radical (unpaired) electrons. The number of aryl methyl sites for hydroxylation is 2. The van der Waals surface area contributed by atoms with Gasteiger partial charge in [0.05, 0.1) is 16.7 Å². The molecule has 0 atom stereocenters. The maximum absolute atomic E-state index is 13.7. The van der Waals surface area contributed by atoms with Gasteiger partial charge in [0.1, 0.15) is 12.2 Å². The predicted octanol–water partition coefficient (Wildman–Crippen LogP) is 4.53. The number of hydrogen-bond donors (Lipinski definition) is 2. The molecule has 172 valence electrons. The van der Waals surface area contributed by atoms with E-state index in [0.717, 1.165) is 23.2 Å². The summed E-state index contributed by atoms with van der Waals surface area (Å²) < 4.78 is 1.43. The maximum atomic E-state index is 13.7. The van der Waals surface area contributed by atoms with E-state index in [1.165, 1.54) is 11.5 Å². The second-order valence-electron chi connectivity index (χ2n) is 8.13. The first-order valence-electron chi connectivity index (χ1n) is 11.1. The van der Waals surface area contributed by atoms with Gasteiger partial charge >= 0.3 is 0 Å². The molecule has 34 heavy (non-hydrogen) atoms. The van der Waals surface area contributed by atoms with Crippen LogP contribution in [0.2, 0.25) is 0 Å². The van der Waals surface area contributed by atoms with Crippen LogP contribution >= 0.6 is 0 Å². The minimum Gasteiger partial charge on any atom is -0.326 e. The molecule has 0 bridgehead atoms. The summed E-state index contributed by atoms with van der Waals surface area (Å²) in [6.07, 6.45) is 0.776. The first-order valence-corrected chi connectivity index (χ1v) is 11.1. The zero-order valence-corrected chi connectivity index (χ0v) is 19.4. The van der Waals surface area contributed by atoms with Gasteiger partial charge in [-0.2, -0.15) is 0 Å². The van der Waals surface area contributed by atoms with Gasteiger partial charge < -0.3 is 10.6 Å². The van der Waals surface area contributed by atoms with E-state index in [-0.39, 0.29) is 24.1 Å². The Morgan fingerprint density at radius 2 is 1.68 bits per heavy atom. The molecule has 7 nitrogen and oxygen atoms in total. The molecule has 0 saturated carbocycles. The summed E-state index contributed by atoms with van der Waals surface area (Å²) in [4.78, 5) is 43.0. The highest BCUT2D eigenvalue weighted by molar-refractivity contribution is 5.95. The number of benzene rings is 3.